The van der Waals surface area contributed by atoms with Gasteiger partial charge in [-0.15, -0.1) is 0 Å². The molecule has 1 aromatic heterocycles. The molecular formula is C20H21N3O2. The van der Waals surface area contributed by atoms with E-state index in [2.05, 4.69) is 28.4 Å². The summed E-state index contributed by atoms with van der Waals surface area (Å²) in [4.78, 5) is 12.7. The van der Waals surface area contributed by atoms with E-state index in [-0.39, 0.29) is 23.0 Å². The number of rotatable bonds is 2. The van der Waals surface area contributed by atoms with Gasteiger partial charge < -0.3 is 4.74 Å². The van der Waals surface area contributed by atoms with Gasteiger partial charge in [-0.1, -0.05) is 19.1 Å². The molecule has 4 rings (SSSR count). The highest BCUT2D eigenvalue weighted by Crippen LogP contribution is 2.55. The van der Waals surface area contributed by atoms with Crippen LogP contribution in [0.5, 0.6) is 5.75 Å². The molecule has 0 radical (unpaired) electrons. The maximum absolute atomic E-state index is 12.7. The smallest absolute Gasteiger partial charge is 0.153 e. The number of ether oxygens (including phenoxy) is 1. The van der Waals surface area contributed by atoms with Crippen LogP contribution in [0.15, 0.2) is 30.5 Å². The average Bonchev–Trinajstić information content (AvgIpc) is 3.14. The number of aromatic nitrogens is 2. The number of carbonyl (C=O) groups is 1. The molecule has 0 aliphatic heterocycles. The van der Waals surface area contributed by atoms with Crippen LogP contribution in [0.3, 0.4) is 0 Å². The van der Waals surface area contributed by atoms with Gasteiger partial charge in [0.05, 0.1) is 19.4 Å². The molecule has 5 nitrogen and oxygen atoms in total. The molecule has 128 valence electrons. The zero-order chi connectivity index (χ0) is 17.6. The van der Waals surface area contributed by atoms with E-state index in [0.29, 0.717) is 6.42 Å². The number of aryl methyl sites for hydroxylation is 1. The van der Waals surface area contributed by atoms with Crippen molar-refractivity contribution in [3.05, 3.63) is 47.3 Å². The van der Waals surface area contributed by atoms with Crippen LogP contribution in [-0.2, 0) is 16.6 Å². The van der Waals surface area contributed by atoms with Crippen LogP contribution in [0.1, 0.15) is 36.6 Å². The zero-order valence-corrected chi connectivity index (χ0v) is 14.5. The zero-order valence-electron chi connectivity index (χ0n) is 14.5. The Morgan fingerprint density at radius 2 is 2.12 bits per heavy atom. The predicted octanol–water partition coefficient (Wildman–Crippen LogP) is 3.02. The van der Waals surface area contributed by atoms with Crippen molar-refractivity contribution in [2.45, 2.75) is 31.6 Å². The first-order valence-electron chi connectivity index (χ1n) is 8.72. The number of nitrogens with zero attached hydrogens (tertiary/aromatic N) is 2. The summed E-state index contributed by atoms with van der Waals surface area (Å²) in [6.07, 6.45) is 4.25. The molecule has 1 saturated carbocycles. The van der Waals surface area contributed by atoms with Gasteiger partial charge in [-0.2, -0.15) is 10.4 Å². The van der Waals surface area contributed by atoms with Crippen LogP contribution in [0, 0.1) is 29.1 Å². The molecule has 2 aliphatic rings. The van der Waals surface area contributed by atoms with E-state index in [9.17, 15) is 10.1 Å². The molecule has 4 atom stereocenters. The standard InChI is InChI=1S/C20H21N3O2/c1-12-17-8-3-13-11-22-23-19(13)20(17,9-14(10-21)18(12)24)15-4-6-16(25-2)7-5-15/h4-7,11-12,14,17H,3,8-9H2,1-2H3,(H,22,23)/t12-,14?,17-,20+/m0/s1. The molecular weight excluding hydrogens is 314 g/mol. The first-order valence-corrected chi connectivity index (χ1v) is 8.72. The van der Waals surface area contributed by atoms with Gasteiger partial charge in [0, 0.05) is 17.0 Å². The summed E-state index contributed by atoms with van der Waals surface area (Å²) < 4.78 is 5.30. The van der Waals surface area contributed by atoms with Gasteiger partial charge in [0.15, 0.2) is 5.78 Å². The van der Waals surface area contributed by atoms with Crippen molar-refractivity contribution in [2.75, 3.05) is 7.11 Å². The molecule has 1 fully saturated rings. The predicted molar refractivity (Wildman–Crippen MR) is 92.1 cm³/mol. The van der Waals surface area contributed by atoms with E-state index in [1.165, 1.54) is 5.56 Å². The minimum absolute atomic E-state index is 0.0830. The normalized spacial score (nSPS) is 30.9. The maximum Gasteiger partial charge on any atom is 0.153 e. The van der Waals surface area contributed by atoms with Crippen molar-refractivity contribution in [3.8, 4) is 11.8 Å². The van der Waals surface area contributed by atoms with Gasteiger partial charge >= 0.3 is 0 Å². The lowest BCUT2D eigenvalue weighted by molar-refractivity contribution is -0.131. The van der Waals surface area contributed by atoms with Crippen molar-refractivity contribution in [3.63, 3.8) is 0 Å². The Labute approximate surface area is 147 Å². The Bertz CT molecular complexity index is 849. The minimum atomic E-state index is -0.581. The van der Waals surface area contributed by atoms with Gasteiger partial charge in [0.2, 0.25) is 0 Å². The fourth-order valence-corrected chi connectivity index (χ4v) is 4.97. The van der Waals surface area contributed by atoms with Crippen molar-refractivity contribution in [2.24, 2.45) is 17.8 Å². The summed E-state index contributed by atoms with van der Waals surface area (Å²) >= 11 is 0. The third-order valence-corrected chi connectivity index (χ3v) is 6.20. The number of fused-ring (bicyclic) bond motifs is 3. The Kier molecular flexibility index (Phi) is 3.64. The molecule has 2 aromatic rings. The summed E-state index contributed by atoms with van der Waals surface area (Å²) in [5.74, 6) is 0.333. The van der Waals surface area contributed by atoms with Gasteiger partial charge in [-0.05, 0) is 48.4 Å². The lowest BCUT2D eigenvalue weighted by Gasteiger charge is -2.50. The number of nitriles is 1. The van der Waals surface area contributed by atoms with Crippen molar-refractivity contribution in [1.29, 1.82) is 5.26 Å². The highest BCUT2D eigenvalue weighted by atomic mass is 16.5. The van der Waals surface area contributed by atoms with E-state index in [1.807, 2.05) is 25.3 Å². The third-order valence-electron chi connectivity index (χ3n) is 6.20. The Morgan fingerprint density at radius 3 is 2.80 bits per heavy atom. The first-order chi connectivity index (χ1) is 12.1. The number of carbonyl (C=O) groups excluding carboxylic acids is 1. The Balaban J connectivity index is 1.94. The Morgan fingerprint density at radius 1 is 1.36 bits per heavy atom. The topological polar surface area (TPSA) is 78.8 Å². The van der Waals surface area contributed by atoms with Crippen LogP contribution < -0.4 is 4.74 Å². The molecule has 0 amide bonds. The largest absolute Gasteiger partial charge is 0.497 e. The van der Waals surface area contributed by atoms with Gasteiger partial charge in [0.1, 0.15) is 11.7 Å². The minimum Gasteiger partial charge on any atom is -0.497 e. The molecule has 1 aromatic carbocycles. The fraction of sp³-hybridized carbons (Fsp3) is 0.450. The van der Waals surface area contributed by atoms with Crippen molar-refractivity contribution >= 4 is 5.78 Å². The van der Waals surface area contributed by atoms with E-state index in [0.717, 1.165) is 29.8 Å². The second kappa shape index (κ2) is 5.73. The van der Waals surface area contributed by atoms with Crippen molar-refractivity contribution < 1.29 is 9.53 Å². The fourth-order valence-electron chi connectivity index (χ4n) is 4.97. The molecule has 2 aliphatic carbocycles. The summed E-state index contributed by atoms with van der Waals surface area (Å²) in [6.45, 7) is 1.98. The summed E-state index contributed by atoms with van der Waals surface area (Å²) in [7, 11) is 1.65. The maximum atomic E-state index is 12.7. The van der Waals surface area contributed by atoms with E-state index in [4.69, 9.17) is 4.74 Å². The second-order valence-electron chi connectivity index (χ2n) is 7.19. The number of hydrogen-bond acceptors (Lipinski definition) is 4. The van der Waals surface area contributed by atoms with Crippen molar-refractivity contribution in [1.82, 2.24) is 10.2 Å². The highest BCUT2D eigenvalue weighted by molar-refractivity contribution is 5.87. The van der Waals surface area contributed by atoms with Crippen LogP contribution >= 0.6 is 0 Å². The molecule has 0 saturated heterocycles. The molecule has 25 heavy (non-hydrogen) atoms. The van der Waals surface area contributed by atoms with E-state index in [1.54, 1.807) is 7.11 Å². The average molecular weight is 335 g/mol. The lowest BCUT2D eigenvalue weighted by Crippen LogP contribution is -2.52. The van der Waals surface area contributed by atoms with Gasteiger partial charge in [-0.25, -0.2) is 0 Å². The quantitative estimate of drug-likeness (QED) is 0.915. The number of Topliss-reactive ketones (excluding diaryl/α,β-unsaturated/α-hetero) is 1. The number of H-pyrrole nitrogens is 1. The number of hydrogen-bond donors (Lipinski definition) is 1. The first kappa shape index (κ1) is 15.9. The van der Waals surface area contributed by atoms with E-state index < -0.39 is 5.92 Å². The van der Waals surface area contributed by atoms with E-state index >= 15 is 0 Å². The summed E-state index contributed by atoms with van der Waals surface area (Å²) in [6, 6.07) is 10.3. The van der Waals surface area contributed by atoms with Crippen LogP contribution in [0.4, 0.5) is 0 Å². The number of aromatic amines is 1. The molecule has 5 heteroatoms. The van der Waals surface area contributed by atoms with Gasteiger partial charge in [0.25, 0.3) is 0 Å². The SMILES string of the molecule is COc1ccc([C@]23CC(C#N)C(=O)[C@@H](C)[C@@H]2CCc2cn[nH]c23)cc1. The number of nitrogens with one attached hydrogen (secondary N) is 1. The molecule has 1 heterocycles. The summed E-state index contributed by atoms with van der Waals surface area (Å²) in [5, 5.41) is 17.1. The third kappa shape index (κ3) is 2.13. The summed E-state index contributed by atoms with van der Waals surface area (Å²) in [5.41, 5.74) is 3.03. The number of ketones is 1. The molecule has 1 unspecified atom stereocenters. The van der Waals surface area contributed by atoms with Crippen LogP contribution in [0.2, 0.25) is 0 Å². The van der Waals surface area contributed by atoms with Crippen LogP contribution in [-0.4, -0.2) is 23.1 Å². The molecule has 0 bridgehead atoms. The molecule has 1 N–H and O–H groups in total. The monoisotopic (exact) mass is 335 g/mol. The molecule has 0 spiro atoms. The number of methoxy groups -OCH3 is 1. The lowest BCUT2D eigenvalue weighted by atomic mass is 9.51. The Hall–Kier alpha value is -2.61. The highest BCUT2D eigenvalue weighted by Gasteiger charge is 2.56. The van der Waals surface area contributed by atoms with Gasteiger partial charge in [-0.3, -0.25) is 9.89 Å². The van der Waals surface area contributed by atoms with Crippen LogP contribution in [0.25, 0.3) is 0 Å². The second-order valence-corrected chi connectivity index (χ2v) is 7.19. The number of benzene rings is 1.